The minimum atomic E-state index is -0.717. The second-order valence-electron chi connectivity index (χ2n) is 4.57. The number of carbonyl (C=O) groups excluding carboxylic acids is 2. The third-order valence-electron chi connectivity index (χ3n) is 3.01. The molecule has 23 heavy (non-hydrogen) atoms. The Kier molecular flexibility index (Phi) is 3.75. The van der Waals surface area contributed by atoms with E-state index in [2.05, 4.69) is 19.8 Å². The summed E-state index contributed by atoms with van der Waals surface area (Å²) < 4.78 is 16.2. The topological polar surface area (TPSA) is 109 Å². The molecule has 0 radical (unpaired) electrons. The first-order chi connectivity index (χ1) is 11.1. The van der Waals surface area contributed by atoms with E-state index >= 15 is 0 Å². The molecule has 0 bridgehead atoms. The summed E-state index contributed by atoms with van der Waals surface area (Å²) in [6.07, 6.45) is 1.58. The molecular weight excluding hydrogens is 304 g/mol. The van der Waals surface area contributed by atoms with Crippen LogP contribution in [0.5, 0.6) is 0 Å². The van der Waals surface area contributed by atoms with E-state index in [0.717, 1.165) is 5.69 Å². The smallest absolute Gasteiger partial charge is 0.378 e. The van der Waals surface area contributed by atoms with Crippen molar-refractivity contribution in [3.8, 4) is 0 Å². The zero-order valence-corrected chi connectivity index (χ0v) is 12.3. The summed E-state index contributed by atoms with van der Waals surface area (Å²) in [7, 11) is 1.25. The van der Waals surface area contributed by atoms with E-state index in [1.807, 2.05) is 6.92 Å². The van der Waals surface area contributed by atoms with Crippen LogP contribution in [0.3, 0.4) is 0 Å². The lowest BCUT2D eigenvalue weighted by Crippen LogP contribution is -2.07. The minimum absolute atomic E-state index is 0.0317. The van der Waals surface area contributed by atoms with Gasteiger partial charge in [-0.2, -0.15) is 4.98 Å². The van der Waals surface area contributed by atoms with E-state index in [9.17, 15) is 9.59 Å². The summed E-state index contributed by atoms with van der Waals surface area (Å²) in [4.78, 5) is 31.2. The van der Waals surface area contributed by atoms with E-state index < -0.39 is 11.9 Å². The van der Waals surface area contributed by atoms with Crippen molar-refractivity contribution in [2.45, 2.75) is 13.5 Å². The molecule has 0 fully saturated rings. The van der Waals surface area contributed by atoms with Crippen LogP contribution in [0.1, 0.15) is 32.6 Å². The van der Waals surface area contributed by atoms with E-state index in [0.29, 0.717) is 11.5 Å². The Labute approximate surface area is 129 Å². The molecule has 0 saturated heterocycles. The summed E-state index contributed by atoms with van der Waals surface area (Å²) in [5.74, 6) is -0.785. The SMILES string of the molecule is COC(=O)c1ccc(COC(=O)c2nc3nccc(C)n3n2)o1. The second-order valence-corrected chi connectivity index (χ2v) is 4.57. The van der Waals surface area contributed by atoms with Gasteiger partial charge in [-0.3, -0.25) is 0 Å². The summed E-state index contributed by atoms with van der Waals surface area (Å²) in [6, 6.07) is 4.70. The zero-order valence-electron chi connectivity index (χ0n) is 12.3. The number of rotatable bonds is 4. The highest BCUT2D eigenvalue weighted by atomic mass is 16.6. The molecule has 3 heterocycles. The molecular formula is C14H12N4O5. The lowest BCUT2D eigenvalue weighted by atomic mass is 10.4. The van der Waals surface area contributed by atoms with Crippen molar-refractivity contribution in [2.24, 2.45) is 0 Å². The molecule has 118 valence electrons. The first-order valence-corrected chi connectivity index (χ1v) is 6.61. The Bertz CT molecular complexity index is 882. The van der Waals surface area contributed by atoms with Gasteiger partial charge in [0.15, 0.2) is 0 Å². The predicted octanol–water partition coefficient (Wildman–Crippen LogP) is 1.17. The number of fused-ring (bicyclic) bond motifs is 1. The Morgan fingerprint density at radius 2 is 2.09 bits per heavy atom. The molecule has 0 aliphatic heterocycles. The molecule has 0 aliphatic carbocycles. The van der Waals surface area contributed by atoms with Crippen molar-refractivity contribution < 1.29 is 23.5 Å². The molecule has 0 saturated carbocycles. The number of aromatic nitrogens is 4. The lowest BCUT2D eigenvalue weighted by Gasteiger charge is -1.99. The number of hydrogen-bond acceptors (Lipinski definition) is 8. The van der Waals surface area contributed by atoms with E-state index in [1.54, 1.807) is 12.3 Å². The van der Waals surface area contributed by atoms with Crippen LogP contribution in [0.4, 0.5) is 0 Å². The van der Waals surface area contributed by atoms with Crippen molar-refractivity contribution >= 4 is 17.7 Å². The highest BCUT2D eigenvalue weighted by Gasteiger charge is 2.17. The van der Waals surface area contributed by atoms with Gasteiger partial charge in [-0.25, -0.2) is 19.1 Å². The number of furan rings is 1. The molecule has 3 aromatic heterocycles. The van der Waals surface area contributed by atoms with Crippen molar-refractivity contribution in [2.75, 3.05) is 7.11 Å². The molecule has 9 nitrogen and oxygen atoms in total. The normalized spacial score (nSPS) is 10.7. The fourth-order valence-corrected chi connectivity index (χ4v) is 1.86. The number of aryl methyl sites for hydroxylation is 1. The highest BCUT2D eigenvalue weighted by Crippen LogP contribution is 2.11. The van der Waals surface area contributed by atoms with Crippen molar-refractivity contribution in [3.05, 3.63) is 47.4 Å². The Balaban J connectivity index is 1.70. The molecule has 0 aliphatic rings. The second kappa shape index (κ2) is 5.87. The van der Waals surface area contributed by atoms with Gasteiger partial charge in [0.2, 0.25) is 5.76 Å². The molecule has 0 unspecified atom stereocenters. The fraction of sp³-hybridized carbons (Fsp3) is 0.214. The van der Waals surface area contributed by atoms with E-state index in [4.69, 9.17) is 9.15 Å². The number of esters is 2. The van der Waals surface area contributed by atoms with Crippen LogP contribution in [-0.4, -0.2) is 38.6 Å². The van der Waals surface area contributed by atoms with Crippen LogP contribution in [0.15, 0.2) is 28.8 Å². The zero-order chi connectivity index (χ0) is 16.4. The van der Waals surface area contributed by atoms with Gasteiger partial charge in [0.05, 0.1) is 7.11 Å². The maximum Gasteiger partial charge on any atom is 0.378 e. The molecule has 0 N–H and O–H groups in total. The van der Waals surface area contributed by atoms with Crippen LogP contribution in [-0.2, 0) is 16.1 Å². The largest absolute Gasteiger partial charge is 0.463 e. The van der Waals surface area contributed by atoms with Gasteiger partial charge in [-0.1, -0.05) is 0 Å². The van der Waals surface area contributed by atoms with Gasteiger partial charge >= 0.3 is 11.9 Å². The van der Waals surface area contributed by atoms with E-state index in [-0.39, 0.29) is 18.2 Å². The van der Waals surface area contributed by atoms with Crippen LogP contribution in [0.25, 0.3) is 5.78 Å². The molecule has 0 amide bonds. The molecule has 3 aromatic rings. The highest BCUT2D eigenvalue weighted by molar-refractivity contribution is 5.86. The van der Waals surface area contributed by atoms with E-state index in [1.165, 1.54) is 23.8 Å². The average molecular weight is 316 g/mol. The van der Waals surface area contributed by atoms with Crippen LogP contribution < -0.4 is 0 Å². The van der Waals surface area contributed by atoms with Crippen molar-refractivity contribution in [3.63, 3.8) is 0 Å². The maximum atomic E-state index is 12.0. The van der Waals surface area contributed by atoms with Gasteiger partial charge in [-0.05, 0) is 25.1 Å². The van der Waals surface area contributed by atoms with Gasteiger partial charge < -0.3 is 13.9 Å². The van der Waals surface area contributed by atoms with Crippen molar-refractivity contribution in [1.82, 2.24) is 19.6 Å². The predicted molar refractivity (Wildman–Crippen MR) is 74.7 cm³/mol. The van der Waals surface area contributed by atoms with Crippen LogP contribution in [0.2, 0.25) is 0 Å². The molecule has 0 aromatic carbocycles. The summed E-state index contributed by atoms with van der Waals surface area (Å²) in [5.41, 5.74) is 0.787. The number of ether oxygens (including phenoxy) is 2. The number of hydrogen-bond donors (Lipinski definition) is 0. The van der Waals surface area contributed by atoms with Crippen LogP contribution in [0, 0.1) is 6.92 Å². The Hall–Kier alpha value is -3.23. The Morgan fingerprint density at radius 1 is 1.26 bits per heavy atom. The first kappa shape index (κ1) is 14.7. The van der Waals surface area contributed by atoms with Crippen LogP contribution >= 0.6 is 0 Å². The maximum absolute atomic E-state index is 12.0. The minimum Gasteiger partial charge on any atom is -0.463 e. The van der Waals surface area contributed by atoms with Gasteiger partial charge in [-0.15, -0.1) is 5.10 Å². The summed E-state index contributed by atoms with van der Waals surface area (Å²) in [6.45, 7) is 1.66. The van der Waals surface area contributed by atoms with Gasteiger partial charge in [0.25, 0.3) is 11.6 Å². The Morgan fingerprint density at radius 3 is 2.83 bits per heavy atom. The first-order valence-electron chi connectivity index (χ1n) is 6.61. The van der Waals surface area contributed by atoms with Gasteiger partial charge in [0.1, 0.15) is 12.4 Å². The quantitative estimate of drug-likeness (QED) is 0.660. The van der Waals surface area contributed by atoms with Crippen molar-refractivity contribution in [1.29, 1.82) is 0 Å². The third kappa shape index (κ3) is 2.89. The van der Waals surface area contributed by atoms with Gasteiger partial charge in [0, 0.05) is 11.9 Å². The fourth-order valence-electron chi connectivity index (χ4n) is 1.86. The number of methoxy groups -OCH3 is 1. The molecule has 3 rings (SSSR count). The molecule has 0 spiro atoms. The third-order valence-corrected chi connectivity index (χ3v) is 3.01. The number of carbonyl (C=O) groups is 2. The lowest BCUT2D eigenvalue weighted by molar-refractivity contribution is 0.0425. The average Bonchev–Trinajstić information content (AvgIpc) is 3.19. The number of nitrogens with zero attached hydrogens (tertiary/aromatic N) is 4. The summed E-state index contributed by atoms with van der Waals surface area (Å²) >= 11 is 0. The molecule has 9 heteroatoms. The summed E-state index contributed by atoms with van der Waals surface area (Å²) in [5, 5.41) is 4.03. The monoisotopic (exact) mass is 316 g/mol. The molecule has 0 atom stereocenters. The standard InChI is InChI=1S/C14H12N4O5/c1-8-5-6-15-14-16-11(17-18(8)14)13(20)22-7-9-3-4-10(23-9)12(19)21-2/h3-6H,7H2,1-2H3.